The van der Waals surface area contributed by atoms with Gasteiger partial charge < -0.3 is 10.4 Å². The van der Waals surface area contributed by atoms with Gasteiger partial charge in [0.1, 0.15) is 12.4 Å². The summed E-state index contributed by atoms with van der Waals surface area (Å²) in [6.07, 6.45) is 5.15. The molecule has 2 heterocycles. The summed E-state index contributed by atoms with van der Waals surface area (Å²) in [5.74, 6) is -0.720. The number of para-hydroxylation sites is 1. The maximum atomic E-state index is 10.1. The Kier molecular flexibility index (Phi) is 4.20. The van der Waals surface area contributed by atoms with Crippen LogP contribution >= 0.6 is 0 Å². The fourth-order valence-electron chi connectivity index (χ4n) is 1.82. The van der Waals surface area contributed by atoms with E-state index >= 15 is 0 Å². The normalized spacial score (nSPS) is 18.1. The van der Waals surface area contributed by atoms with Gasteiger partial charge in [-0.1, -0.05) is 18.2 Å². The maximum absolute atomic E-state index is 10.1. The Labute approximate surface area is 105 Å². The summed E-state index contributed by atoms with van der Waals surface area (Å²) < 4.78 is 0. The molecule has 5 heteroatoms. The van der Waals surface area contributed by atoms with Gasteiger partial charge in [-0.15, -0.1) is 0 Å². The summed E-state index contributed by atoms with van der Waals surface area (Å²) in [6, 6.07) is 7.64. The largest absolute Gasteiger partial charge is 0.480 e. The van der Waals surface area contributed by atoms with Gasteiger partial charge in [0.2, 0.25) is 0 Å². The molecular weight excluding hydrogens is 230 g/mol. The molecule has 0 amide bonds. The molecule has 1 aromatic heterocycles. The third kappa shape index (κ3) is 3.24. The predicted molar refractivity (Wildman–Crippen MR) is 68.2 cm³/mol. The second-order valence-corrected chi connectivity index (χ2v) is 4.07. The molecule has 1 aliphatic rings. The number of aromatic nitrogens is 2. The number of benzene rings is 1. The molecule has 2 N–H and O–H groups in total. The topological polar surface area (TPSA) is 75.1 Å². The second kappa shape index (κ2) is 6.07. The van der Waals surface area contributed by atoms with Crippen LogP contribution in [0.3, 0.4) is 0 Å². The zero-order valence-electron chi connectivity index (χ0n) is 9.91. The van der Waals surface area contributed by atoms with Gasteiger partial charge in [0.15, 0.2) is 0 Å². The Bertz CT molecular complexity index is 459. The van der Waals surface area contributed by atoms with Crippen LogP contribution < -0.4 is 5.32 Å². The lowest BCUT2D eigenvalue weighted by molar-refractivity contribution is -0.139. The first-order valence-electron chi connectivity index (χ1n) is 5.88. The summed E-state index contributed by atoms with van der Waals surface area (Å²) in [4.78, 5) is 18.1. The van der Waals surface area contributed by atoms with Crippen molar-refractivity contribution in [3.8, 4) is 0 Å². The van der Waals surface area contributed by atoms with Crippen molar-refractivity contribution in [3.63, 3.8) is 0 Å². The number of hydrogen-bond donors (Lipinski definition) is 2. The zero-order chi connectivity index (χ0) is 12.8. The summed E-state index contributed by atoms with van der Waals surface area (Å²) in [5, 5.41) is 12.3. The lowest BCUT2D eigenvalue weighted by Gasteiger charge is -1.99. The predicted octanol–water partition coefficient (Wildman–Crippen LogP) is 1.45. The molecule has 0 spiro atoms. The summed E-state index contributed by atoms with van der Waals surface area (Å²) in [6.45, 7) is 0.858. The van der Waals surface area contributed by atoms with Crippen LogP contribution in [0.15, 0.2) is 36.8 Å². The van der Waals surface area contributed by atoms with Crippen molar-refractivity contribution in [1.29, 1.82) is 0 Å². The molecule has 0 aliphatic carbocycles. The lowest BCUT2D eigenvalue weighted by Crippen LogP contribution is -2.29. The van der Waals surface area contributed by atoms with E-state index in [0.29, 0.717) is 0 Å². The highest BCUT2D eigenvalue weighted by molar-refractivity contribution is 5.76. The molecule has 1 atom stereocenters. The van der Waals surface area contributed by atoms with Crippen LogP contribution in [0.4, 0.5) is 0 Å². The van der Waals surface area contributed by atoms with E-state index in [2.05, 4.69) is 15.3 Å². The van der Waals surface area contributed by atoms with Gasteiger partial charge in [0, 0.05) is 11.6 Å². The first-order chi connectivity index (χ1) is 8.77. The Morgan fingerprint density at radius 3 is 2.83 bits per heavy atom. The molecule has 1 aromatic carbocycles. The fourth-order valence-corrected chi connectivity index (χ4v) is 1.82. The first-order valence-corrected chi connectivity index (χ1v) is 5.88. The minimum absolute atomic E-state index is 0.269. The van der Waals surface area contributed by atoms with Crippen molar-refractivity contribution < 1.29 is 9.90 Å². The van der Waals surface area contributed by atoms with E-state index in [-0.39, 0.29) is 6.04 Å². The van der Waals surface area contributed by atoms with Gasteiger partial charge in [0.05, 0.1) is 5.52 Å². The van der Waals surface area contributed by atoms with Gasteiger partial charge in [-0.05, 0) is 25.5 Å². The van der Waals surface area contributed by atoms with Crippen LogP contribution in [0.1, 0.15) is 12.8 Å². The first kappa shape index (κ1) is 12.4. The zero-order valence-corrected chi connectivity index (χ0v) is 9.91. The van der Waals surface area contributed by atoms with E-state index < -0.39 is 5.97 Å². The van der Waals surface area contributed by atoms with Crippen LogP contribution in [-0.2, 0) is 4.79 Å². The number of fused-ring (bicyclic) bond motifs is 1. The van der Waals surface area contributed by atoms with Crippen LogP contribution in [0.25, 0.3) is 10.9 Å². The highest BCUT2D eigenvalue weighted by Gasteiger charge is 2.20. The van der Waals surface area contributed by atoms with Crippen LogP contribution in [-0.4, -0.2) is 33.6 Å². The average molecular weight is 245 g/mol. The maximum Gasteiger partial charge on any atom is 0.320 e. The van der Waals surface area contributed by atoms with Crippen molar-refractivity contribution in [2.24, 2.45) is 0 Å². The Hall–Kier alpha value is -2.01. The highest BCUT2D eigenvalue weighted by atomic mass is 16.4. The van der Waals surface area contributed by atoms with Crippen LogP contribution in [0.2, 0.25) is 0 Å². The molecule has 1 fully saturated rings. The lowest BCUT2D eigenvalue weighted by atomic mass is 10.2. The third-order valence-electron chi connectivity index (χ3n) is 2.77. The number of carboxylic acid groups (broad SMARTS) is 1. The number of nitrogens with one attached hydrogen (secondary N) is 1. The monoisotopic (exact) mass is 245 g/mol. The van der Waals surface area contributed by atoms with Gasteiger partial charge in [-0.3, -0.25) is 4.79 Å². The van der Waals surface area contributed by atoms with Crippen molar-refractivity contribution in [2.75, 3.05) is 6.54 Å². The van der Waals surface area contributed by atoms with E-state index in [1.54, 1.807) is 6.33 Å². The number of hydrogen-bond acceptors (Lipinski definition) is 4. The Balaban J connectivity index is 0.000000138. The third-order valence-corrected chi connectivity index (χ3v) is 2.77. The number of carbonyl (C=O) groups is 1. The molecule has 1 saturated heterocycles. The minimum atomic E-state index is -0.720. The van der Waals surface area contributed by atoms with Gasteiger partial charge in [-0.2, -0.15) is 0 Å². The Morgan fingerprint density at radius 1 is 1.39 bits per heavy atom. The van der Waals surface area contributed by atoms with E-state index in [9.17, 15) is 4.79 Å². The smallest absolute Gasteiger partial charge is 0.320 e. The molecule has 2 aromatic rings. The number of rotatable bonds is 1. The van der Waals surface area contributed by atoms with Crippen molar-refractivity contribution in [1.82, 2.24) is 15.3 Å². The molecule has 1 unspecified atom stereocenters. The fraction of sp³-hybridized carbons (Fsp3) is 0.308. The van der Waals surface area contributed by atoms with E-state index in [1.165, 1.54) is 0 Å². The molecule has 1 aliphatic heterocycles. The summed E-state index contributed by atoms with van der Waals surface area (Å²) >= 11 is 0. The van der Waals surface area contributed by atoms with Gasteiger partial charge in [-0.25, -0.2) is 9.97 Å². The standard InChI is InChI=1S/C8H6N2.C5H9NO2/c1-2-4-8-7(3-1)5-9-6-10-8;7-5(8)4-2-1-3-6-4/h1-6H;4,6H,1-3H2,(H,7,8). The molecule has 0 radical (unpaired) electrons. The van der Waals surface area contributed by atoms with Crippen molar-refractivity contribution in [2.45, 2.75) is 18.9 Å². The average Bonchev–Trinajstić information content (AvgIpc) is 2.94. The van der Waals surface area contributed by atoms with E-state index in [0.717, 1.165) is 30.3 Å². The van der Waals surface area contributed by atoms with Crippen molar-refractivity contribution in [3.05, 3.63) is 36.8 Å². The van der Waals surface area contributed by atoms with E-state index in [1.807, 2.05) is 30.5 Å². The number of nitrogens with zero attached hydrogens (tertiary/aromatic N) is 2. The molecular formula is C13H15N3O2. The van der Waals surface area contributed by atoms with Crippen LogP contribution in [0.5, 0.6) is 0 Å². The highest BCUT2D eigenvalue weighted by Crippen LogP contribution is 2.06. The number of aliphatic carboxylic acids is 1. The van der Waals surface area contributed by atoms with Crippen LogP contribution in [0, 0.1) is 0 Å². The summed E-state index contributed by atoms with van der Waals surface area (Å²) in [5.41, 5.74) is 0.998. The Morgan fingerprint density at radius 2 is 2.22 bits per heavy atom. The molecule has 18 heavy (non-hydrogen) atoms. The molecule has 0 bridgehead atoms. The molecule has 5 nitrogen and oxygen atoms in total. The molecule has 3 rings (SSSR count). The second-order valence-electron chi connectivity index (χ2n) is 4.07. The van der Waals surface area contributed by atoms with Gasteiger partial charge >= 0.3 is 5.97 Å². The van der Waals surface area contributed by atoms with Crippen molar-refractivity contribution >= 4 is 16.9 Å². The van der Waals surface area contributed by atoms with E-state index in [4.69, 9.17) is 5.11 Å². The summed E-state index contributed by atoms with van der Waals surface area (Å²) in [7, 11) is 0. The quantitative estimate of drug-likeness (QED) is 0.795. The molecule has 0 saturated carbocycles. The minimum Gasteiger partial charge on any atom is -0.480 e. The molecule has 94 valence electrons. The number of carboxylic acids is 1. The van der Waals surface area contributed by atoms with Gasteiger partial charge in [0.25, 0.3) is 0 Å². The SMILES string of the molecule is O=C(O)C1CCCN1.c1ccc2ncncc2c1.